The predicted molar refractivity (Wildman–Crippen MR) is 88.5 cm³/mol. The molecule has 0 radical (unpaired) electrons. The Kier molecular flexibility index (Phi) is 5.16. The van der Waals surface area contributed by atoms with E-state index in [0.717, 1.165) is 38.5 Å². The molecule has 2 fully saturated rings. The molecule has 0 aromatic carbocycles. The maximum atomic E-state index is 12.4. The van der Waals surface area contributed by atoms with Gasteiger partial charge in [0.15, 0.2) is 0 Å². The smallest absolute Gasteiger partial charge is 0.251 e. The van der Waals surface area contributed by atoms with E-state index < -0.39 is 0 Å². The zero-order chi connectivity index (χ0) is 16.2. The van der Waals surface area contributed by atoms with Gasteiger partial charge in [-0.05, 0) is 31.7 Å². The van der Waals surface area contributed by atoms with Crippen molar-refractivity contribution in [2.45, 2.75) is 69.6 Å². The average Bonchev–Trinajstić information content (AvgIpc) is 3.05. The fourth-order valence-corrected chi connectivity index (χ4v) is 3.64. The predicted octanol–water partition coefficient (Wildman–Crippen LogP) is 2.39. The molecule has 1 heterocycles. The summed E-state index contributed by atoms with van der Waals surface area (Å²) in [7, 11) is 1.68. The Balaban J connectivity index is 1.64. The molecule has 0 bridgehead atoms. The first-order valence-electron chi connectivity index (χ1n) is 8.76. The van der Waals surface area contributed by atoms with Crippen molar-refractivity contribution in [3.63, 3.8) is 0 Å². The van der Waals surface area contributed by atoms with Gasteiger partial charge in [-0.15, -0.1) is 0 Å². The molecular formula is C18H26N2O3. The highest BCUT2D eigenvalue weighted by Crippen LogP contribution is 2.28. The Morgan fingerprint density at radius 2 is 1.87 bits per heavy atom. The number of ether oxygens (including phenoxy) is 1. The molecule has 2 saturated carbocycles. The van der Waals surface area contributed by atoms with Crippen LogP contribution in [0.4, 0.5) is 0 Å². The standard InChI is InChI=1S/C18H26N2O3/c1-20-11-10-13(12-17(20)21)18(22)19-15-8-4-5-9-16(15)23-14-6-2-3-7-14/h10-12,14-16H,2-9H2,1H3,(H,19,22). The molecule has 0 aliphatic heterocycles. The number of nitrogens with one attached hydrogen (secondary N) is 1. The van der Waals surface area contributed by atoms with Crippen LogP contribution in [0.2, 0.25) is 0 Å². The summed E-state index contributed by atoms with van der Waals surface area (Å²) in [5.41, 5.74) is 0.262. The Morgan fingerprint density at radius 1 is 1.17 bits per heavy atom. The zero-order valence-corrected chi connectivity index (χ0v) is 13.8. The van der Waals surface area contributed by atoms with Crippen LogP contribution >= 0.6 is 0 Å². The normalized spacial score (nSPS) is 25.4. The fourth-order valence-electron chi connectivity index (χ4n) is 3.64. The summed E-state index contributed by atoms with van der Waals surface area (Å²) in [6, 6.07) is 3.14. The minimum atomic E-state index is -0.172. The first-order chi connectivity index (χ1) is 11.1. The Bertz CT molecular complexity index is 605. The van der Waals surface area contributed by atoms with E-state index in [2.05, 4.69) is 5.32 Å². The number of hydrogen-bond donors (Lipinski definition) is 1. The fraction of sp³-hybridized carbons (Fsp3) is 0.667. The van der Waals surface area contributed by atoms with Crippen molar-refractivity contribution >= 4 is 5.91 Å². The van der Waals surface area contributed by atoms with Crippen molar-refractivity contribution in [3.05, 3.63) is 34.2 Å². The van der Waals surface area contributed by atoms with Gasteiger partial charge in [0.05, 0.1) is 18.2 Å². The van der Waals surface area contributed by atoms with Crippen molar-refractivity contribution in [1.29, 1.82) is 0 Å². The lowest BCUT2D eigenvalue weighted by molar-refractivity contribution is -0.0419. The molecule has 1 amide bonds. The van der Waals surface area contributed by atoms with E-state index >= 15 is 0 Å². The third kappa shape index (κ3) is 4.02. The molecular weight excluding hydrogens is 292 g/mol. The molecule has 23 heavy (non-hydrogen) atoms. The van der Waals surface area contributed by atoms with Crippen molar-refractivity contribution < 1.29 is 9.53 Å². The van der Waals surface area contributed by atoms with Crippen LogP contribution in [0.1, 0.15) is 61.7 Å². The second-order valence-electron chi connectivity index (χ2n) is 6.81. The first kappa shape index (κ1) is 16.2. The molecule has 1 N–H and O–H groups in total. The quantitative estimate of drug-likeness (QED) is 0.927. The lowest BCUT2D eigenvalue weighted by Crippen LogP contribution is -2.47. The number of carbonyl (C=O) groups is 1. The van der Waals surface area contributed by atoms with Crippen molar-refractivity contribution in [1.82, 2.24) is 9.88 Å². The third-order valence-corrected chi connectivity index (χ3v) is 5.05. The van der Waals surface area contributed by atoms with Gasteiger partial charge in [-0.3, -0.25) is 9.59 Å². The minimum Gasteiger partial charge on any atom is -0.373 e. The molecule has 1 aromatic rings. The van der Waals surface area contributed by atoms with Gasteiger partial charge in [0, 0.05) is 24.9 Å². The molecule has 2 aliphatic rings. The summed E-state index contributed by atoms with van der Waals surface area (Å²) in [6.07, 6.45) is 11.1. The highest BCUT2D eigenvalue weighted by atomic mass is 16.5. The van der Waals surface area contributed by atoms with Gasteiger partial charge in [0.25, 0.3) is 11.5 Å². The summed E-state index contributed by atoms with van der Waals surface area (Å²) in [5, 5.41) is 3.09. The number of nitrogens with zero attached hydrogens (tertiary/aromatic N) is 1. The maximum Gasteiger partial charge on any atom is 0.251 e. The van der Waals surface area contributed by atoms with E-state index in [9.17, 15) is 9.59 Å². The molecule has 3 rings (SSSR count). The van der Waals surface area contributed by atoms with Crippen LogP contribution in [0.25, 0.3) is 0 Å². The molecule has 2 aliphatic carbocycles. The van der Waals surface area contributed by atoms with Gasteiger partial charge < -0.3 is 14.6 Å². The van der Waals surface area contributed by atoms with E-state index in [0.29, 0.717) is 11.7 Å². The molecule has 0 saturated heterocycles. The second kappa shape index (κ2) is 7.30. The van der Waals surface area contributed by atoms with E-state index in [4.69, 9.17) is 4.74 Å². The minimum absolute atomic E-state index is 0.0564. The largest absolute Gasteiger partial charge is 0.373 e. The van der Waals surface area contributed by atoms with Gasteiger partial charge in [-0.1, -0.05) is 25.7 Å². The maximum absolute atomic E-state index is 12.4. The highest BCUT2D eigenvalue weighted by molar-refractivity contribution is 5.94. The zero-order valence-electron chi connectivity index (χ0n) is 13.8. The Morgan fingerprint density at radius 3 is 2.61 bits per heavy atom. The molecule has 2 atom stereocenters. The van der Waals surface area contributed by atoms with E-state index in [1.165, 1.54) is 23.5 Å². The molecule has 2 unspecified atom stereocenters. The van der Waals surface area contributed by atoms with Crippen LogP contribution < -0.4 is 10.9 Å². The summed E-state index contributed by atoms with van der Waals surface area (Å²) >= 11 is 0. The summed E-state index contributed by atoms with van der Waals surface area (Å²) < 4.78 is 7.73. The van der Waals surface area contributed by atoms with Gasteiger partial charge in [0.2, 0.25) is 0 Å². The third-order valence-electron chi connectivity index (χ3n) is 5.05. The monoisotopic (exact) mass is 318 g/mol. The Hall–Kier alpha value is -1.62. The van der Waals surface area contributed by atoms with Gasteiger partial charge >= 0.3 is 0 Å². The Labute approximate surface area is 137 Å². The second-order valence-corrected chi connectivity index (χ2v) is 6.81. The number of carbonyl (C=O) groups excluding carboxylic acids is 1. The van der Waals surface area contributed by atoms with Gasteiger partial charge in [-0.2, -0.15) is 0 Å². The molecule has 126 valence electrons. The number of aryl methyl sites for hydroxylation is 1. The SMILES string of the molecule is Cn1ccc(C(=O)NC2CCCCC2OC2CCCC2)cc1=O. The van der Waals surface area contributed by atoms with Crippen molar-refractivity contribution in [3.8, 4) is 0 Å². The summed E-state index contributed by atoms with van der Waals surface area (Å²) in [5.74, 6) is -0.172. The lowest BCUT2D eigenvalue weighted by Gasteiger charge is -2.34. The number of amides is 1. The summed E-state index contributed by atoms with van der Waals surface area (Å²) in [6.45, 7) is 0. The van der Waals surface area contributed by atoms with E-state index in [1.807, 2.05) is 0 Å². The topological polar surface area (TPSA) is 60.3 Å². The molecule has 5 nitrogen and oxygen atoms in total. The van der Waals surface area contributed by atoms with Crippen LogP contribution in [0, 0.1) is 0 Å². The number of aromatic nitrogens is 1. The highest BCUT2D eigenvalue weighted by Gasteiger charge is 2.30. The van der Waals surface area contributed by atoms with Crippen LogP contribution in [0.15, 0.2) is 23.1 Å². The average molecular weight is 318 g/mol. The van der Waals surface area contributed by atoms with Crippen LogP contribution in [0.3, 0.4) is 0 Å². The first-order valence-corrected chi connectivity index (χ1v) is 8.76. The van der Waals surface area contributed by atoms with Crippen molar-refractivity contribution in [2.24, 2.45) is 7.05 Å². The van der Waals surface area contributed by atoms with Crippen LogP contribution in [-0.4, -0.2) is 28.7 Å². The number of hydrogen-bond acceptors (Lipinski definition) is 3. The molecule has 0 spiro atoms. The lowest BCUT2D eigenvalue weighted by atomic mass is 9.92. The summed E-state index contributed by atoms with van der Waals surface area (Å²) in [4.78, 5) is 24.1. The van der Waals surface area contributed by atoms with Crippen molar-refractivity contribution in [2.75, 3.05) is 0 Å². The van der Waals surface area contributed by atoms with Gasteiger partial charge in [-0.25, -0.2) is 0 Å². The van der Waals surface area contributed by atoms with Crippen LogP contribution in [-0.2, 0) is 11.8 Å². The van der Waals surface area contributed by atoms with E-state index in [-0.39, 0.29) is 23.6 Å². The van der Waals surface area contributed by atoms with E-state index in [1.54, 1.807) is 19.3 Å². The van der Waals surface area contributed by atoms with Crippen LogP contribution in [0.5, 0.6) is 0 Å². The molecule has 1 aromatic heterocycles. The number of rotatable bonds is 4. The number of pyridine rings is 1. The molecule has 5 heteroatoms. The van der Waals surface area contributed by atoms with Gasteiger partial charge in [0.1, 0.15) is 0 Å².